The lowest BCUT2D eigenvalue weighted by atomic mass is 9.85. The van der Waals surface area contributed by atoms with E-state index in [-0.39, 0.29) is 0 Å². The maximum absolute atomic E-state index is 2.41. The molecule has 1 aliphatic rings. The van der Waals surface area contributed by atoms with Crippen LogP contribution in [0.25, 0.3) is 5.52 Å². The van der Waals surface area contributed by atoms with Gasteiger partial charge in [0.05, 0.1) is 0 Å². The van der Waals surface area contributed by atoms with E-state index in [4.69, 9.17) is 0 Å². The number of nitrogens with zero attached hydrogens (tertiary/aromatic N) is 2. The van der Waals surface area contributed by atoms with Gasteiger partial charge < -0.3 is 9.30 Å². The minimum Gasteiger partial charge on any atom is -0.324 e. The zero-order valence-corrected chi connectivity index (χ0v) is 11.7. The number of likely N-dealkylation sites (N-methyl/N-ethyl adjacent to an activating group) is 1. The highest BCUT2D eigenvalue weighted by Crippen LogP contribution is 2.32. The highest BCUT2D eigenvalue weighted by Gasteiger charge is 2.24. The van der Waals surface area contributed by atoms with Crippen LogP contribution in [0.3, 0.4) is 0 Å². The van der Waals surface area contributed by atoms with Crippen molar-refractivity contribution in [1.82, 2.24) is 9.30 Å². The molecule has 3 heterocycles. The number of rotatable bonds is 1. The average molecular weight is 262 g/mol. The second-order valence-corrected chi connectivity index (χ2v) is 5.75. The van der Waals surface area contributed by atoms with E-state index in [9.17, 15) is 0 Å². The molecule has 20 heavy (non-hydrogen) atoms. The third-order valence-electron chi connectivity index (χ3n) is 4.31. The fraction of sp³-hybridized carbons (Fsp3) is 0.222. The van der Waals surface area contributed by atoms with Crippen LogP contribution in [0, 0.1) is 0 Å². The minimum atomic E-state index is 0.469. The number of hydrogen-bond donors (Lipinski definition) is 0. The van der Waals surface area contributed by atoms with Gasteiger partial charge in [-0.3, -0.25) is 0 Å². The van der Waals surface area contributed by atoms with Crippen LogP contribution >= 0.6 is 0 Å². The van der Waals surface area contributed by atoms with E-state index < -0.39 is 0 Å². The van der Waals surface area contributed by atoms with Crippen LogP contribution in [0.4, 0.5) is 0 Å². The predicted octanol–water partition coefficient (Wildman–Crippen LogP) is 3.52. The maximum atomic E-state index is 2.41. The van der Waals surface area contributed by atoms with Crippen molar-refractivity contribution in [2.45, 2.75) is 12.5 Å². The number of pyridine rings is 1. The molecule has 4 rings (SSSR count). The summed E-state index contributed by atoms with van der Waals surface area (Å²) >= 11 is 0. The maximum Gasteiger partial charge on any atom is 0.0450 e. The van der Waals surface area contributed by atoms with E-state index in [0.29, 0.717) is 5.92 Å². The van der Waals surface area contributed by atoms with Crippen molar-refractivity contribution in [2.24, 2.45) is 0 Å². The summed E-state index contributed by atoms with van der Waals surface area (Å²) in [6.45, 7) is 2.14. The fourth-order valence-electron chi connectivity index (χ4n) is 3.33. The van der Waals surface area contributed by atoms with Gasteiger partial charge in [-0.15, -0.1) is 0 Å². The molecule has 0 radical (unpaired) electrons. The van der Waals surface area contributed by atoms with Crippen molar-refractivity contribution in [3.05, 3.63) is 77.6 Å². The van der Waals surface area contributed by atoms with Gasteiger partial charge in [-0.1, -0.05) is 30.3 Å². The van der Waals surface area contributed by atoms with Gasteiger partial charge in [-0.2, -0.15) is 0 Å². The largest absolute Gasteiger partial charge is 0.324 e. The molecule has 1 aliphatic heterocycles. The molecular weight excluding hydrogens is 244 g/mol. The highest BCUT2D eigenvalue weighted by atomic mass is 15.1. The number of aromatic nitrogens is 1. The Labute approximate surface area is 119 Å². The molecule has 1 atom stereocenters. The van der Waals surface area contributed by atoms with Crippen molar-refractivity contribution >= 4 is 5.52 Å². The van der Waals surface area contributed by atoms with Gasteiger partial charge >= 0.3 is 0 Å². The summed E-state index contributed by atoms with van der Waals surface area (Å²) in [5.41, 5.74) is 5.59. The van der Waals surface area contributed by atoms with Gasteiger partial charge in [-0.05, 0) is 41.9 Å². The molecule has 2 aromatic heterocycles. The van der Waals surface area contributed by atoms with E-state index >= 15 is 0 Å². The molecule has 1 unspecified atom stereocenters. The summed E-state index contributed by atoms with van der Waals surface area (Å²) in [6.07, 6.45) is 4.40. The lowest BCUT2D eigenvalue weighted by Crippen LogP contribution is -2.31. The Morgan fingerprint density at radius 2 is 1.90 bits per heavy atom. The minimum absolute atomic E-state index is 0.469. The number of fused-ring (bicyclic) bond motifs is 2. The van der Waals surface area contributed by atoms with Gasteiger partial charge in [0, 0.05) is 36.9 Å². The molecular formula is C18H18N2. The van der Waals surface area contributed by atoms with Gasteiger partial charge in [-0.25, -0.2) is 0 Å². The number of hydrogen-bond acceptors (Lipinski definition) is 1. The second kappa shape index (κ2) is 4.50. The van der Waals surface area contributed by atoms with Crippen molar-refractivity contribution in [3.63, 3.8) is 0 Å². The summed E-state index contributed by atoms with van der Waals surface area (Å²) in [6, 6.07) is 17.6. The Hall–Kier alpha value is -2.06. The molecule has 100 valence electrons. The molecule has 0 amide bonds. The summed E-state index contributed by atoms with van der Waals surface area (Å²) in [7, 11) is 2.21. The van der Waals surface area contributed by atoms with E-state index in [1.165, 1.54) is 22.2 Å². The highest BCUT2D eigenvalue weighted by molar-refractivity contribution is 5.50. The normalized spacial score (nSPS) is 19.1. The molecule has 0 aliphatic carbocycles. The summed E-state index contributed by atoms with van der Waals surface area (Å²) in [5.74, 6) is 0.469. The van der Waals surface area contributed by atoms with Crippen LogP contribution in [-0.2, 0) is 6.54 Å². The SMILES string of the molecule is CN1Cc2ccccc2C(c2ccc3cccn3c2)C1. The predicted molar refractivity (Wildman–Crippen MR) is 82.0 cm³/mol. The Morgan fingerprint density at radius 1 is 1.00 bits per heavy atom. The van der Waals surface area contributed by atoms with Gasteiger partial charge in [0.2, 0.25) is 0 Å². The summed E-state index contributed by atoms with van der Waals surface area (Å²) < 4.78 is 2.21. The third kappa shape index (κ3) is 1.84. The van der Waals surface area contributed by atoms with E-state index in [0.717, 1.165) is 13.1 Å². The Balaban J connectivity index is 1.84. The first-order chi connectivity index (χ1) is 9.81. The molecule has 0 saturated carbocycles. The quantitative estimate of drug-likeness (QED) is 0.651. The first kappa shape index (κ1) is 11.7. The van der Waals surface area contributed by atoms with E-state index in [1.807, 2.05) is 0 Å². The lowest BCUT2D eigenvalue weighted by Gasteiger charge is -2.32. The van der Waals surface area contributed by atoms with Gasteiger partial charge in [0.1, 0.15) is 0 Å². The van der Waals surface area contributed by atoms with Crippen LogP contribution in [0.1, 0.15) is 22.6 Å². The molecule has 0 saturated heterocycles. The standard InChI is InChI=1S/C18H18N2/c1-19-11-14-5-2-3-7-17(14)18(13-19)15-8-9-16-6-4-10-20(16)12-15/h2-10,12,18H,11,13H2,1H3. The van der Waals surface area contributed by atoms with Crippen molar-refractivity contribution in [1.29, 1.82) is 0 Å². The van der Waals surface area contributed by atoms with Crippen molar-refractivity contribution in [3.8, 4) is 0 Å². The smallest absolute Gasteiger partial charge is 0.0450 e. The molecule has 0 bridgehead atoms. The Morgan fingerprint density at radius 3 is 2.85 bits per heavy atom. The summed E-state index contributed by atoms with van der Waals surface area (Å²) in [4.78, 5) is 2.41. The molecule has 0 spiro atoms. The second-order valence-electron chi connectivity index (χ2n) is 5.75. The molecule has 1 aromatic carbocycles. The zero-order chi connectivity index (χ0) is 13.5. The number of benzene rings is 1. The van der Waals surface area contributed by atoms with E-state index in [2.05, 4.69) is 77.3 Å². The molecule has 0 fully saturated rings. The van der Waals surface area contributed by atoms with Crippen LogP contribution < -0.4 is 0 Å². The van der Waals surface area contributed by atoms with Crippen molar-refractivity contribution in [2.75, 3.05) is 13.6 Å². The van der Waals surface area contributed by atoms with Crippen LogP contribution in [-0.4, -0.2) is 22.9 Å². The first-order valence-corrected chi connectivity index (χ1v) is 7.14. The lowest BCUT2D eigenvalue weighted by molar-refractivity contribution is 0.295. The molecule has 0 N–H and O–H groups in total. The Bertz CT molecular complexity index is 757. The van der Waals surface area contributed by atoms with Crippen LogP contribution in [0.5, 0.6) is 0 Å². The van der Waals surface area contributed by atoms with E-state index in [1.54, 1.807) is 0 Å². The first-order valence-electron chi connectivity index (χ1n) is 7.14. The summed E-state index contributed by atoms with van der Waals surface area (Å²) in [5, 5.41) is 0. The van der Waals surface area contributed by atoms with Crippen LogP contribution in [0.2, 0.25) is 0 Å². The molecule has 2 nitrogen and oxygen atoms in total. The van der Waals surface area contributed by atoms with Gasteiger partial charge in [0.15, 0.2) is 0 Å². The van der Waals surface area contributed by atoms with Crippen molar-refractivity contribution < 1.29 is 0 Å². The fourth-order valence-corrected chi connectivity index (χ4v) is 3.33. The third-order valence-corrected chi connectivity index (χ3v) is 4.31. The van der Waals surface area contributed by atoms with Gasteiger partial charge in [0.25, 0.3) is 0 Å². The average Bonchev–Trinajstić information content (AvgIpc) is 2.93. The zero-order valence-electron chi connectivity index (χ0n) is 11.7. The Kier molecular flexibility index (Phi) is 2.64. The van der Waals surface area contributed by atoms with Crippen LogP contribution in [0.15, 0.2) is 60.9 Å². The topological polar surface area (TPSA) is 7.65 Å². The molecule has 2 heteroatoms. The molecule has 3 aromatic rings. The monoisotopic (exact) mass is 262 g/mol.